The van der Waals surface area contributed by atoms with Gasteiger partial charge in [0.1, 0.15) is 0 Å². The third-order valence-electron chi connectivity index (χ3n) is 5.23. The molecule has 0 heterocycles. The molecule has 0 radical (unpaired) electrons. The Morgan fingerprint density at radius 3 is 2.62 bits per heavy atom. The number of rotatable bonds is 10. The Balaban J connectivity index is 1.65. The van der Waals surface area contributed by atoms with Crippen LogP contribution < -0.4 is 5.32 Å². The van der Waals surface area contributed by atoms with Crippen molar-refractivity contribution >= 4 is 0 Å². The molecule has 2 unspecified atom stereocenters. The summed E-state index contributed by atoms with van der Waals surface area (Å²) in [6.07, 6.45) is 9.62. The van der Waals surface area contributed by atoms with Crippen molar-refractivity contribution in [3.8, 4) is 0 Å². The fraction of sp³-hybridized carbons (Fsp3) is 1.00. The standard InChI is InChI=1S/C17H33NO3/c1-3-21-16-14-15(17(16)8-5-4-6-9-17)18-10-7-11-20-13-12-19-2/h15-16,18H,3-14H2,1-2H3. The number of nitrogens with one attached hydrogen (secondary N) is 1. The van der Waals surface area contributed by atoms with E-state index in [0.29, 0.717) is 30.8 Å². The van der Waals surface area contributed by atoms with E-state index >= 15 is 0 Å². The van der Waals surface area contributed by atoms with Crippen molar-refractivity contribution in [2.75, 3.05) is 40.1 Å². The summed E-state index contributed by atoms with van der Waals surface area (Å²) in [5, 5.41) is 3.77. The Labute approximate surface area is 129 Å². The highest BCUT2D eigenvalue weighted by molar-refractivity contribution is 5.08. The summed E-state index contributed by atoms with van der Waals surface area (Å²) >= 11 is 0. The van der Waals surface area contributed by atoms with E-state index in [2.05, 4.69) is 12.2 Å². The zero-order valence-corrected chi connectivity index (χ0v) is 13.9. The van der Waals surface area contributed by atoms with Gasteiger partial charge in [0, 0.05) is 31.8 Å². The predicted molar refractivity (Wildman–Crippen MR) is 84.7 cm³/mol. The Morgan fingerprint density at radius 1 is 1.10 bits per heavy atom. The van der Waals surface area contributed by atoms with Crippen LogP contribution in [0.3, 0.4) is 0 Å². The summed E-state index contributed by atoms with van der Waals surface area (Å²) < 4.78 is 16.5. The number of methoxy groups -OCH3 is 1. The second kappa shape index (κ2) is 9.09. The highest BCUT2D eigenvalue weighted by Crippen LogP contribution is 2.53. The van der Waals surface area contributed by atoms with Crippen LogP contribution in [0.15, 0.2) is 0 Å². The first-order chi connectivity index (χ1) is 10.3. The van der Waals surface area contributed by atoms with Crippen LogP contribution in [0.4, 0.5) is 0 Å². The first-order valence-electron chi connectivity index (χ1n) is 8.75. The molecule has 0 amide bonds. The SMILES string of the molecule is CCOC1CC(NCCCOCCOC)C12CCCCC2. The van der Waals surface area contributed by atoms with Crippen LogP contribution in [0.1, 0.15) is 51.9 Å². The molecule has 1 N–H and O–H groups in total. The van der Waals surface area contributed by atoms with Crippen molar-refractivity contribution < 1.29 is 14.2 Å². The van der Waals surface area contributed by atoms with E-state index in [1.165, 1.54) is 38.5 Å². The Bertz CT molecular complexity index is 279. The van der Waals surface area contributed by atoms with Gasteiger partial charge in [-0.15, -0.1) is 0 Å². The molecule has 4 nitrogen and oxygen atoms in total. The molecule has 21 heavy (non-hydrogen) atoms. The first kappa shape index (κ1) is 17.2. The van der Waals surface area contributed by atoms with E-state index in [4.69, 9.17) is 14.2 Å². The van der Waals surface area contributed by atoms with Crippen molar-refractivity contribution in [1.29, 1.82) is 0 Å². The van der Waals surface area contributed by atoms with Gasteiger partial charge >= 0.3 is 0 Å². The zero-order chi connectivity index (χ0) is 15.0. The van der Waals surface area contributed by atoms with Crippen LogP contribution in [0.5, 0.6) is 0 Å². The molecular weight excluding hydrogens is 266 g/mol. The average molecular weight is 299 g/mol. The lowest BCUT2D eigenvalue weighted by Crippen LogP contribution is -2.64. The largest absolute Gasteiger partial charge is 0.382 e. The molecule has 2 aliphatic carbocycles. The van der Waals surface area contributed by atoms with Crippen molar-refractivity contribution in [2.24, 2.45) is 5.41 Å². The van der Waals surface area contributed by atoms with Gasteiger partial charge in [0.15, 0.2) is 0 Å². The molecular formula is C17H33NO3. The van der Waals surface area contributed by atoms with E-state index in [1.807, 2.05) is 0 Å². The van der Waals surface area contributed by atoms with Crippen LogP contribution in [-0.2, 0) is 14.2 Å². The molecule has 2 aliphatic rings. The van der Waals surface area contributed by atoms with Crippen LogP contribution >= 0.6 is 0 Å². The van der Waals surface area contributed by atoms with Gasteiger partial charge in [-0.25, -0.2) is 0 Å². The average Bonchev–Trinajstić information content (AvgIpc) is 2.53. The van der Waals surface area contributed by atoms with E-state index in [9.17, 15) is 0 Å². The van der Waals surface area contributed by atoms with Crippen LogP contribution in [0.25, 0.3) is 0 Å². The number of ether oxygens (including phenoxy) is 3. The third-order valence-corrected chi connectivity index (χ3v) is 5.23. The monoisotopic (exact) mass is 299 g/mol. The van der Waals surface area contributed by atoms with Crippen molar-refractivity contribution in [3.63, 3.8) is 0 Å². The molecule has 0 aromatic heterocycles. The molecule has 2 atom stereocenters. The van der Waals surface area contributed by atoms with Crippen LogP contribution in [0.2, 0.25) is 0 Å². The lowest BCUT2D eigenvalue weighted by Gasteiger charge is -2.58. The van der Waals surface area contributed by atoms with Gasteiger partial charge in [-0.05, 0) is 39.2 Å². The normalized spacial score (nSPS) is 27.7. The summed E-state index contributed by atoms with van der Waals surface area (Å²) in [7, 11) is 1.71. The molecule has 4 heteroatoms. The maximum absolute atomic E-state index is 5.99. The van der Waals surface area contributed by atoms with Crippen LogP contribution in [-0.4, -0.2) is 52.2 Å². The number of hydrogen-bond acceptors (Lipinski definition) is 4. The van der Waals surface area contributed by atoms with Gasteiger partial charge in [0.2, 0.25) is 0 Å². The van der Waals surface area contributed by atoms with Crippen LogP contribution in [0, 0.1) is 5.41 Å². The molecule has 2 saturated carbocycles. The molecule has 2 rings (SSSR count). The van der Waals surface area contributed by atoms with Crippen molar-refractivity contribution in [1.82, 2.24) is 5.32 Å². The van der Waals surface area contributed by atoms with Gasteiger partial charge in [-0.1, -0.05) is 19.3 Å². The minimum absolute atomic E-state index is 0.436. The smallest absolute Gasteiger partial charge is 0.0700 e. The van der Waals surface area contributed by atoms with Gasteiger partial charge in [0.05, 0.1) is 19.3 Å². The highest BCUT2D eigenvalue weighted by atomic mass is 16.5. The van der Waals surface area contributed by atoms with E-state index in [-0.39, 0.29) is 0 Å². The minimum Gasteiger partial charge on any atom is -0.382 e. The second-order valence-corrected chi connectivity index (χ2v) is 6.44. The molecule has 0 saturated heterocycles. The molecule has 124 valence electrons. The summed E-state index contributed by atoms with van der Waals surface area (Å²) in [6, 6.07) is 0.660. The molecule has 0 aromatic rings. The van der Waals surface area contributed by atoms with Gasteiger partial charge < -0.3 is 19.5 Å². The predicted octanol–water partition coefficient (Wildman–Crippen LogP) is 2.76. The Kier molecular flexibility index (Phi) is 7.44. The molecule has 0 bridgehead atoms. The van der Waals surface area contributed by atoms with Gasteiger partial charge in [0.25, 0.3) is 0 Å². The maximum Gasteiger partial charge on any atom is 0.0700 e. The fourth-order valence-corrected chi connectivity index (χ4v) is 4.04. The van der Waals surface area contributed by atoms with Gasteiger partial charge in [-0.3, -0.25) is 0 Å². The molecule has 2 fully saturated rings. The second-order valence-electron chi connectivity index (χ2n) is 6.44. The van der Waals surface area contributed by atoms with Crippen molar-refractivity contribution in [2.45, 2.75) is 64.0 Å². The third kappa shape index (κ3) is 4.41. The van der Waals surface area contributed by atoms with E-state index in [0.717, 1.165) is 26.2 Å². The fourth-order valence-electron chi connectivity index (χ4n) is 4.04. The highest BCUT2D eigenvalue weighted by Gasteiger charge is 2.55. The lowest BCUT2D eigenvalue weighted by molar-refractivity contribution is -0.150. The van der Waals surface area contributed by atoms with E-state index < -0.39 is 0 Å². The van der Waals surface area contributed by atoms with Crippen molar-refractivity contribution in [3.05, 3.63) is 0 Å². The zero-order valence-electron chi connectivity index (χ0n) is 13.9. The summed E-state index contributed by atoms with van der Waals surface area (Å²) in [5.74, 6) is 0. The summed E-state index contributed by atoms with van der Waals surface area (Å²) in [6.45, 7) is 6.25. The minimum atomic E-state index is 0.436. The summed E-state index contributed by atoms with van der Waals surface area (Å²) in [4.78, 5) is 0. The summed E-state index contributed by atoms with van der Waals surface area (Å²) in [5.41, 5.74) is 0.436. The number of hydrogen-bond donors (Lipinski definition) is 1. The molecule has 0 aliphatic heterocycles. The molecule has 1 spiro atoms. The Morgan fingerprint density at radius 2 is 1.90 bits per heavy atom. The van der Waals surface area contributed by atoms with Gasteiger partial charge in [-0.2, -0.15) is 0 Å². The van der Waals surface area contributed by atoms with E-state index in [1.54, 1.807) is 7.11 Å². The first-order valence-corrected chi connectivity index (χ1v) is 8.75. The molecule has 0 aromatic carbocycles. The quantitative estimate of drug-likeness (QED) is 0.630. The topological polar surface area (TPSA) is 39.7 Å². The Hall–Kier alpha value is -0.160. The maximum atomic E-state index is 5.99. The lowest BCUT2D eigenvalue weighted by atomic mass is 9.55.